The molecule has 0 bridgehead atoms. The van der Waals surface area contributed by atoms with E-state index in [4.69, 9.17) is 0 Å². The Labute approximate surface area is 170 Å². The Morgan fingerprint density at radius 1 is 1.10 bits per heavy atom. The van der Waals surface area contributed by atoms with Gasteiger partial charge in [0.15, 0.2) is 0 Å². The quantitative estimate of drug-likeness (QED) is 0.679. The molecule has 0 saturated carbocycles. The first-order chi connectivity index (χ1) is 13.8. The summed E-state index contributed by atoms with van der Waals surface area (Å²) in [5.74, 6) is -0.225. The van der Waals surface area contributed by atoms with Crippen molar-refractivity contribution in [1.29, 1.82) is 0 Å². The average molecular weight is 420 g/mol. The van der Waals surface area contributed by atoms with Gasteiger partial charge in [0.25, 0.3) is 5.91 Å². The zero-order valence-electron chi connectivity index (χ0n) is 16.4. The second-order valence-corrected chi connectivity index (χ2v) is 8.80. The van der Waals surface area contributed by atoms with E-state index in [9.17, 15) is 18.0 Å². The predicted molar refractivity (Wildman–Crippen MR) is 109 cm³/mol. The normalized spacial score (nSPS) is 15.2. The molecule has 0 aliphatic carbocycles. The van der Waals surface area contributed by atoms with Crippen molar-refractivity contribution < 1.29 is 18.0 Å². The molecule has 156 valence electrons. The van der Waals surface area contributed by atoms with Gasteiger partial charge in [-0.2, -0.15) is 0 Å². The van der Waals surface area contributed by atoms with E-state index in [0.717, 1.165) is 0 Å². The van der Waals surface area contributed by atoms with Crippen LogP contribution >= 0.6 is 0 Å². The summed E-state index contributed by atoms with van der Waals surface area (Å²) in [4.78, 5) is 26.7. The molecule has 0 radical (unpaired) electrons. The summed E-state index contributed by atoms with van der Waals surface area (Å²) < 4.78 is 27.7. The van der Waals surface area contributed by atoms with Gasteiger partial charge in [-0.05, 0) is 38.1 Å². The lowest BCUT2D eigenvalue weighted by Crippen LogP contribution is -2.47. The van der Waals surface area contributed by atoms with Gasteiger partial charge in [-0.25, -0.2) is 17.9 Å². The summed E-state index contributed by atoms with van der Waals surface area (Å²) in [5.41, 5.74) is 1.03. The number of nitrogens with one attached hydrogen (secondary N) is 3. The van der Waals surface area contributed by atoms with Crippen LogP contribution in [0.25, 0.3) is 0 Å². The minimum absolute atomic E-state index is 0.0311. The number of hydrogen-bond acceptors (Lipinski definition) is 4. The van der Waals surface area contributed by atoms with E-state index in [2.05, 4.69) is 15.4 Å². The van der Waals surface area contributed by atoms with E-state index in [1.807, 2.05) is 30.3 Å². The fourth-order valence-electron chi connectivity index (χ4n) is 3.27. The molecule has 1 fully saturated rings. The number of hydrogen-bond donors (Lipinski definition) is 3. The van der Waals surface area contributed by atoms with Crippen molar-refractivity contribution in [3.8, 4) is 0 Å². The maximum absolute atomic E-state index is 12.8. The summed E-state index contributed by atoms with van der Waals surface area (Å²) in [6.45, 7) is 0.961. The molecule has 1 aromatic carbocycles. The van der Waals surface area contributed by atoms with Crippen LogP contribution < -0.4 is 15.4 Å². The molecule has 1 aliphatic heterocycles. The largest absolute Gasteiger partial charge is 0.345 e. The number of amides is 3. The minimum Gasteiger partial charge on any atom is -0.345 e. The van der Waals surface area contributed by atoms with Crippen LogP contribution in [0.1, 0.15) is 23.3 Å². The first-order valence-electron chi connectivity index (χ1n) is 9.32. The van der Waals surface area contributed by atoms with Crippen LogP contribution in [0, 0.1) is 0 Å². The minimum atomic E-state index is -3.61. The number of sulfonamides is 1. The molecule has 2 aromatic rings. The Morgan fingerprint density at radius 3 is 2.38 bits per heavy atom. The van der Waals surface area contributed by atoms with Gasteiger partial charge in [0, 0.05) is 38.1 Å². The van der Waals surface area contributed by atoms with Crippen molar-refractivity contribution >= 4 is 27.6 Å². The zero-order valence-corrected chi connectivity index (χ0v) is 17.2. The molecular weight excluding hydrogens is 394 g/mol. The third kappa shape index (κ3) is 4.96. The number of nitrogens with zero attached hydrogens (tertiary/aromatic N) is 2. The van der Waals surface area contributed by atoms with Crippen molar-refractivity contribution in [3.05, 3.63) is 48.3 Å². The molecule has 9 nitrogen and oxygen atoms in total. The highest BCUT2D eigenvalue weighted by molar-refractivity contribution is 7.89. The molecule has 10 heteroatoms. The molecule has 0 unspecified atom stereocenters. The average Bonchev–Trinajstić information content (AvgIpc) is 3.11. The Morgan fingerprint density at radius 2 is 1.76 bits per heavy atom. The topological polar surface area (TPSA) is 113 Å². The van der Waals surface area contributed by atoms with Crippen LogP contribution in [0.3, 0.4) is 0 Å². The molecule has 29 heavy (non-hydrogen) atoms. The third-order valence-corrected chi connectivity index (χ3v) is 6.31. The summed E-state index contributed by atoms with van der Waals surface area (Å²) in [5, 5.41) is 5.71. The summed E-state index contributed by atoms with van der Waals surface area (Å²) in [6.07, 6.45) is 2.67. The maximum atomic E-state index is 12.8. The van der Waals surface area contributed by atoms with Crippen molar-refractivity contribution in [2.75, 3.05) is 25.5 Å². The van der Waals surface area contributed by atoms with Crippen LogP contribution in [0.5, 0.6) is 0 Å². The van der Waals surface area contributed by atoms with Crippen LogP contribution in [0.2, 0.25) is 0 Å². The summed E-state index contributed by atoms with van der Waals surface area (Å²) >= 11 is 0. The molecule has 0 atom stereocenters. The third-order valence-electron chi connectivity index (χ3n) is 4.93. The highest BCUT2D eigenvalue weighted by Gasteiger charge is 2.27. The number of aryl methyl sites for hydroxylation is 1. The van der Waals surface area contributed by atoms with Gasteiger partial charge < -0.3 is 20.1 Å². The van der Waals surface area contributed by atoms with Crippen molar-refractivity contribution in [2.45, 2.75) is 23.8 Å². The number of urea groups is 1. The molecule has 1 aliphatic rings. The molecule has 3 N–H and O–H groups in total. The van der Waals surface area contributed by atoms with Crippen molar-refractivity contribution in [1.82, 2.24) is 19.5 Å². The van der Waals surface area contributed by atoms with Crippen LogP contribution in [-0.4, -0.2) is 56.0 Å². The molecule has 1 saturated heterocycles. The Balaban J connectivity index is 1.55. The van der Waals surface area contributed by atoms with Gasteiger partial charge >= 0.3 is 6.03 Å². The number of rotatable bonds is 5. The first kappa shape index (κ1) is 20.9. The molecule has 3 amide bonds. The summed E-state index contributed by atoms with van der Waals surface area (Å²) in [7, 11) is -0.636. The Hall–Kier alpha value is -2.85. The number of para-hydroxylation sites is 1. The number of aromatic nitrogens is 1. The lowest BCUT2D eigenvalue weighted by molar-refractivity contribution is 0.0699. The van der Waals surface area contributed by atoms with Crippen LogP contribution in [0.15, 0.2) is 47.5 Å². The van der Waals surface area contributed by atoms with Gasteiger partial charge in [0.2, 0.25) is 10.0 Å². The van der Waals surface area contributed by atoms with E-state index in [1.165, 1.54) is 23.9 Å². The lowest BCUT2D eigenvalue weighted by Gasteiger charge is -2.32. The van der Waals surface area contributed by atoms with E-state index in [1.54, 1.807) is 11.9 Å². The number of carbonyl (C=O) groups is 2. The monoisotopic (exact) mass is 419 g/mol. The number of benzene rings is 1. The van der Waals surface area contributed by atoms with E-state index < -0.39 is 10.0 Å². The number of piperidine rings is 1. The summed E-state index contributed by atoms with van der Waals surface area (Å²) in [6, 6.07) is 10.3. The van der Waals surface area contributed by atoms with E-state index in [-0.39, 0.29) is 22.9 Å². The van der Waals surface area contributed by atoms with Crippen molar-refractivity contribution in [3.63, 3.8) is 0 Å². The fraction of sp³-hybridized carbons (Fsp3) is 0.368. The van der Waals surface area contributed by atoms with Crippen LogP contribution in [-0.2, 0) is 17.1 Å². The zero-order chi connectivity index (χ0) is 21.0. The molecule has 1 aromatic heterocycles. The van der Waals surface area contributed by atoms with Gasteiger partial charge in [-0.3, -0.25) is 4.79 Å². The van der Waals surface area contributed by atoms with Gasteiger partial charge in [-0.1, -0.05) is 18.2 Å². The second-order valence-electron chi connectivity index (χ2n) is 6.91. The first-order valence-corrected chi connectivity index (χ1v) is 10.8. The highest BCUT2D eigenvalue weighted by atomic mass is 32.2. The van der Waals surface area contributed by atoms with Crippen molar-refractivity contribution in [2.24, 2.45) is 7.05 Å². The second kappa shape index (κ2) is 8.66. The van der Waals surface area contributed by atoms with Gasteiger partial charge in [0.05, 0.1) is 0 Å². The Bertz CT molecular complexity index is 979. The van der Waals surface area contributed by atoms with E-state index in [0.29, 0.717) is 37.3 Å². The number of carbonyl (C=O) groups excluding carboxylic acids is 2. The highest BCUT2D eigenvalue weighted by Crippen LogP contribution is 2.18. The van der Waals surface area contributed by atoms with Gasteiger partial charge in [0.1, 0.15) is 10.6 Å². The molecule has 0 spiro atoms. The molecular formula is C19H25N5O4S. The predicted octanol–water partition coefficient (Wildman–Crippen LogP) is 1.36. The fourth-order valence-corrected chi connectivity index (χ4v) is 4.07. The Kier molecular flexibility index (Phi) is 6.23. The number of likely N-dealkylation sites (tertiary alicyclic amines) is 1. The SMILES string of the molecule is CNS(=O)(=O)c1cc(C(=O)N2CCC(NC(=O)Nc3ccccc3)CC2)n(C)c1. The van der Waals surface area contributed by atoms with Gasteiger partial charge in [-0.15, -0.1) is 0 Å². The molecule has 3 rings (SSSR count). The van der Waals surface area contributed by atoms with E-state index >= 15 is 0 Å². The smallest absolute Gasteiger partial charge is 0.319 e. The maximum Gasteiger partial charge on any atom is 0.319 e. The van der Waals surface area contributed by atoms with Crippen LogP contribution in [0.4, 0.5) is 10.5 Å². The molecule has 2 heterocycles. The number of anilines is 1. The standard InChI is InChI=1S/C19H25N5O4S/c1-20-29(27,28)16-12-17(23(2)13-16)18(25)24-10-8-15(9-11-24)22-19(26)21-14-6-4-3-5-7-14/h3-7,12-13,15,20H,8-11H2,1-2H3,(H2,21,22,26). The lowest BCUT2D eigenvalue weighted by atomic mass is 10.0.